The molecule has 0 aliphatic rings. The predicted molar refractivity (Wildman–Crippen MR) is 152 cm³/mol. The minimum absolute atomic E-state index is 0. The minimum atomic E-state index is -0.791. The molecule has 1 aromatic rings. The van der Waals surface area contributed by atoms with Crippen molar-refractivity contribution in [2.75, 3.05) is 19.6 Å². The SMILES string of the molecule is CCCCCCCCCCCCCCCCCCNC(=O)CN(NC(=O)OCc1ccccc1)C(=O)C[NH3+].[Cl-]. The third kappa shape index (κ3) is 21.2. The van der Waals surface area contributed by atoms with Gasteiger partial charge >= 0.3 is 6.09 Å². The van der Waals surface area contributed by atoms with E-state index in [1.807, 2.05) is 30.3 Å². The number of nitrogens with one attached hydrogen (secondary N) is 2. The van der Waals surface area contributed by atoms with Crippen LogP contribution in [-0.2, 0) is 20.9 Å². The van der Waals surface area contributed by atoms with Crippen molar-refractivity contribution in [3.05, 3.63) is 35.9 Å². The van der Waals surface area contributed by atoms with Crippen molar-refractivity contribution in [3.8, 4) is 0 Å². The average Bonchev–Trinajstić information content (AvgIpc) is 2.93. The van der Waals surface area contributed by atoms with Crippen LogP contribution in [0.2, 0.25) is 0 Å². The Morgan fingerprint density at radius 1 is 0.769 bits per heavy atom. The molecule has 224 valence electrons. The maximum Gasteiger partial charge on any atom is 0.426 e. The maximum atomic E-state index is 12.3. The normalized spacial score (nSPS) is 10.4. The van der Waals surface area contributed by atoms with Gasteiger partial charge in [-0.1, -0.05) is 134 Å². The van der Waals surface area contributed by atoms with Crippen molar-refractivity contribution in [2.24, 2.45) is 0 Å². The van der Waals surface area contributed by atoms with Crippen LogP contribution in [-0.4, -0.2) is 42.6 Å². The first-order chi connectivity index (χ1) is 18.6. The highest BCUT2D eigenvalue weighted by Gasteiger charge is 2.20. The molecule has 9 heteroatoms. The Kier molecular flexibility index (Phi) is 24.4. The van der Waals surface area contributed by atoms with Crippen LogP contribution < -0.4 is 28.9 Å². The number of quaternary nitrogens is 1. The number of unbranched alkanes of at least 4 members (excludes halogenated alkanes) is 15. The summed E-state index contributed by atoms with van der Waals surface area (Å²) in [5.41, 5.74) is 6.73. The minimum Gasteiger partial charge on any atom is -1.00 e. The van der Waals surface area contributed by atoms with E-state index in [2.05, 4.69) is 23.4 Å². The number of hydrogen-bond acceptors (Lipinski definition) is 4. The molecule has 5 N–H and O–H groups in total. The van der Waals surface area contributed by atoms with Crippen molar-refractivity contribution < 1.29 is 37.3 Å². The summed E-state index contributed by atoms with van der Waals surface area (Å²) in [5, 5.41) is 3.79. The topological polar surface area (TPSA) is 115 Å². The van der Waals surface area contributed by atoms with Crippen LogP contribution in [0, 0.1) is 0 Å². The first-order valence-corrected chi connectivity index (χ1v) is 14.9. The largest absolute Gasteiger partial charge is 1.00 e. The Morgan fingerprint density at radius 2 is 1.26 bits per heavy atom. The molecule has 8 nitrogen and oxygen atoms in total. The highest BCUT2D eigenvalue weighted by molar-refractivity contribution is 5.86. The zero-order valence-corrected chi connectivity index (χ0v) is 25.0. The van der Waals surface area contributed by atoms with Crippen molar-refractivity contribution in [3.63, 3.8) is 0 Å². The summed E-state index contributed by atoms with van der Waals surface area (Å²) >= 11 is 0. The monoisotopic (exact) mass is 568 g/mol. The third-order valence-corrected chi connectivity index (χ3v) is 6.61. The average molecular weight is 569 g/mol. The van der Waals surface area contributed by atoms with Gasteiger partial charge in [-0.05, 0) is 12.0 Å². The summed E-state index contributed by atoms with van der Waals surface area (Å²) in [6, 6.07) is 9.23. The van der Waals surface area contributed by atoms with Gasteiger partial charge in [-0.25, -0.2) is 15.2 Å². The molecule has 0 fully saturated rings. The van der Waals surface area contributed by atoms with Gasteiger partial charge in [-0.15, -0.1) is 0 Å². The van der Waals surface area contributed by atoms with Crippen molar-refractivity contribution in [1.82, 2.24) is 15.8 Å². The molecule has 0 atom stereocenters. The van der Waals surface area contributed by atoms with Gasteiger partial charge in [0.2, 0.25) is 5.91 Å². The molecule has 0 aromatic heterocycles. The number of benzene rings is 1. The number of carbonyl (C=O) groups is 3. The number of rotatable bonds is 22. The Balaban J connectivity index is 0.0000144. The van der Waals surface area contributed by atoms with E-state index in [-0.39, 0.29) is 38.0 Å². The highest BCUT2D eigenvalue weighted by atomic mass is 35.5. The molecule has 39 heavy (non-hydrogen) atoms. The quantitative estimate of drug-likeness (QED) is 0.147. The van der Waals surface area contributed by atoms with E-state index in [1.165, 1.54) is 89.9 Å². The lowest BCUT2D eigenvalue weighted by molar-refractivity contribution is -0.357. The van der Waals surface area contributed by atoms with E-state index in [0.29, 0.717) is 6.54 Å². The van der Waals surface area contributed by atoms with Gasteiger partial charge < -0.3 is 28.2 Å². The van der Waals surface area contributed by atoms with Gasteiger partial charge in [0, 0.05) is 6.54 Å². The molecule has 1 rings (SSSR count). The van der Waals surface area contributed by atoms with Crippen LogP contribution >= 0.6 is 0 Å². The fraction of sp³-hybridized carbons (Fsp3) is 0.700. The lowest BCUT2D eigenvalue weighted by atomic mass is 10.0. The predicted octanol–water partition coefficient (Wildman–Crippen LogP) is 2.28. The molecule has 1 aromatic carbocycles. The Bertz CT molecular complexity index is 752. The summed E-state index contributed by atoms with van der Waals surface area (Å²) in [7, 11) is 0. The molecule has 0 unspecified atom stereocenters. The molecule has 0 saturated heterocycles. The van der Waals surface area contributed by atoms with Crippen molar-refractivity contribution >= 4 is 17.9 Å². The van der Waals surface area contributed by atoms with E-state index in [1.54, 1.807) is 0 Å². The first kappa shape index (κ1) is 36.7. The second kappa shape index (κ2) is 25.9. The van der Waals surface area contributed by atoms with Gasteiger partial charge in [0.1, 0.15) is 13.2 Å². The Hall–Kier alpha value is -2.32. The fourth-order valence-electron chi connectivity index (χ4n) is 4.29. The zero-order chi connectivity index (χ0) is 27.7. The fourth-order valence-corrected chi connectivity index (χ4v) is 4.29. The number of halogens is 1. The second-order valence-corrected chi connectivity index (χ2v) is 10.1. The standard InChI is InChI=1S/C30H52N4O4.ClH/c1-2-3-4-5-6-7-8-9-10-11-12-13-14-15-16-20-23-32-28(35)25-34(29(36)24-31)33-30(37)38-26-27-21-18-17-19-22-27;/h17-19,21-22H,2-16,20,23-26,31H2,1H3,(H,32,35)(H,33,37);1H. The number of amides is 3. The number of nitrogens with zero attached hydrogens (tertiary/aromatic N) is 1. The van der Waals surface area contributed by atoms with Crippen LogP contribution in [0.15, 0.2) is 30.3 Å². The molecule has 0 spiro atoms. The van der Waals surface area contributed by atoms with E-state index in [4.69, 9.17) is 4.74 Å². The van der Waals surface area contributed by atoms with Crippen molar-refractivity contribution in [2.45, 2.75) is 116 Å². The van der Waals surface area contributed by atoms with Crippen molar-refractivity contribution in [1.29, 1.82) is 0 Å². The van der Waals surface area contributed by atoms with Gasteiger partial charge in [0.15, 0.2) is 6.54 Å². The number of carbonyl (C=O) groups excluding carboxylic acids is 3. The first-order valence-electron chi connectivity index (χ1n) is 14.9. The molecular formula is C30H53ClN4O4. The third-order valence-electron chi connectivity index (χ3n) is 6.61. The van der Waals surface area contributed by atoms with Crippen LogP contribution in [0.1, 0.15) is 115 Å². The smallest absolute Gasteiger partial charge is 0.426 e. The molecule has 0 radical (unpaired) electrons. The summed E-state index contributed by atoms with van der Waals surface area (Å²) < 4.78 is 5.14. The van der Waals surface area contributed by atoms with Crippen LogP contribution in [0.3, 0.4) is 0 Å². The Labute approximate surface area is 242 Å². The molecule has 0 bridgehead atoms. The zero-order valence-electron chi connectivity index (χ0n) is 24.2. The maximum absolute atomic E-state index is 12.3. The molecule has 0 saturated carbocycles. The summed E-state index contributed by atoms with van der Waals surface area (Å²) in [5.74, 6) is -0.782. The van der Waals surface area contributed by atoms with Gasteiger partial charge in [0.05, 0.1) is 0 Å². The summed E-state index contributed by atoms with van der Waals surface area (Å²) in [6.07, 6.45) is 20.1. The van der Waals surface area contributed by atoms with Gasteiger partial charge in [0.25, 0.3) is 5.91 Å². The Morgan fingerprint density at radius 3 is 1.74 bits per heavy atom. The number of hydrogen-bond donors (Lipinski definition) is 3. The molecule has 0 heterocycles. The molecule has 0 aliphatic carbocycles. The number of ether oxygens (including phenoxy) is 1. The van der Waals surface area contributed by atoms with Crippen LogP contribution in [0.25, 0.3) is 0 Å². The van der Waals surface area contributed by atoms with E-state index in [9.17, 15) is 14.4 Å². The van der Waals surface area contributed by atoms with Crippen LogP contribution in [0.4, 0.5) is 4.79 Å². The van der Waals surface area contributed by atoms with Gasteiger partial charge in [-0.3, -0.25) is 9.59 Å². The van der Waals surface area contributed by atoms with E-state index >= 15 is 0 Å². The van der Waals surface area contributed by atoms with Crippen LogP contribution in [0.5, 0.6) is 0 Å². The molecular weight excluding hydrogens is 516 g/mol. The molecule has 3 amide bonds. The van der Waals surface area contributed by atoms with E-state index in [0.717, 1.165) is 23.4 Å². The highest BCUT2D eigenvalue weighted by Crippen LogP contribution is 2.13. The van der Waals surface area contributed by atoms with Gasteiger partial charge in [-0.2, -0.15) is 0 Å². The summed E-state index contributed by atoms with van der Waals surface area (Å²) in [6.45, 7) is 2.55. The lowest BCUT2D eigenvalue weighted by Gasteiger charge is -2.21. The number of hydrazine groups is 1. The van der Waals surface area contributed by atoms with E-state index < -0.39 is 12.0 Å². The summed E-state index contributed by atoms with van der Waals surface area (Å²) in [4.78, 5) is 36.5. The lowest BCUT2D eigenvalue weighted by Crippen LogP contribution is -3.00. The molecule has 0 aliphatic heterocycles. The second-order valence-electron chi connectivity index (χ2n) is 10.1.